The average Bonchev–Trinajstić information content (AvgIpc) is 2.18. The van der Waals surface area contributed by atoms with Crippen LogP contribution in [0.4, 0.5) is 0 Å². The fourth-order valence-corrected chi connectivity index (χ4v) is 2.67. The van der Waals surface area contributed by atoms with E-state index in [-0.39, 0.29) is 5.41 Å². The average molecular weight is 226 g/mol. The second-order valence-corrected chi connectivity index (χ2v) is 5.78. The number of hydrogen-bond donors (Lipinski definition) is 0. The summed E-state index contributed by atoms with van der Waals surface area (Å²) in [7, 11) is -1.96. The van der Waals surface area contributed by atoms with E-state index < -0.39 is 8.03 Å². The van der Waals surface area contributed by atoms with Crippen molar-refractivity contribution >= 4 is 8.03 Å². The Balaban J connectivity index is 2.51. The van der Waals surface area contributed by atoms with Crippen molar-refractivity contribution in [1.29, 1.82) is 0 Å². The van der Waals surface area contributed by atoms with Gasteiger partial charge >= 0.3 is 0 Å². The number of para-hydroxylation sites is 1. The van der Waals surface area contributed by atoms with Crippen LogP contribution in [0.25, 0.3) is 0 Å². The molecule has 0 amide bonds. The highest BCUT2D eigenvalue weighted by Crippen LogP contribution is 2.35. The van der Waals surface area contributed by atoms with Crippen molar-refractivity contribution in [3.05, 3.63) is 30.3 Å². The molecule has 0 radical (unpaired) electrons. The Kier molecular flexibility index (Phi) is 4.41. The molecule has 1 aromatic carbocycles. The molecular formula is C12H19O2P. The third-order valence-corrected chi connectivity index (χ3v) is 4.26. The lowest BCUT2D eigenvalue weighted by Crippen LogP contribution is -2.13. The van der Waals surface area contributed by atoms with Crippen LogP contribution in [0.3, 0.4) is 0 Å². The Morgan fingerprint density at radius 1 is 1.27 bits per heavy atom. The van der Waals surface area contributed by atoms with Gasteiger partial charge in [0, 0.05) is 6.16 Å². The normalized spacial score (nSPS) is 13.5. The quantitative estimate of drug-likeness (QED) is 0.710. The SMILES string of the molecule is CCC(C)(C)C[PH](=O)Oc1ccccc1. The smallest absolute Gasteiger partial charge is 0.237 e. The van der Waals surface area contributed by atoms with Crippen LogP contribution in [0.1, 0.15) is 27.2 Å². The van der Waals surface area contributed by atoms with Crippen LogP contribution < -0.4 is 4.52 Å². The van der Waals surface area contributed by atoms with Crippen LogP contribution in [0.5, 0.6) is 5.75 Å². The van der Waals surface area contributed by atoms with E-state index in [9.17, 15) is 4.57 Å². The molecule has 0 saturated carbocycles. The predicted octanol–water partition coefficient (Wildman–Crippen LogP) is 3.98. The third-order valence-electron chi connectivity index (χ3n) is 2.55. The molecule has 2 nitrogen and oxygen atoms in total. The summed E-state index contributed by atoms with van der Waals surface area (Å²) in [4.78, 5) is 0. The minimum Gasteiger partial charge on any atom is -0.445 e. The maximum absolute atomic E-state index is 11.7. The molecule has 1 atom stereocenters. The molecule has 0 heterocycles. The van der Waals surface area contributed by atoms with Crippen molar-refractivity contribution in [2.75, 3.05) is 6.16 Å². The van der Waals surface area contributed by atoms with Crippen LogP contribution in [0, 0.1) is 5.41 Å². The summed E-state index contributed by atoms with van der Waals surface area (Å²) in [6.07, 6.45) is 1.66. The zero-order valence-electron chi connectivity index (χ0n) is 9.62. The van der Waals surface area contributed by atoms with Gasteiger partial charge in [-0.15, -0.1) is 0 Å². The lowest BCUT2D eigenvalue weighted by Gasteiger charge is -2.21. The van der Waals surface area contributed by atoms with E-state index in [1.165, 1.54) is 0 Å². The van der Waals surface area contributed by atoms with Crippen molar-refractivity contribution in [3.8, 4) is 5.75 Å². The molecule has 1 aromatic rings. The second kappa shape index (κ2) is 5.37. The topological polar surface area (TPSA) is 26.3 Å². The Labute approximate surface area is 92.5 Å². The van der Waals surface area contributed by atoms with Crippen molar-refractivity contribution < 1.29 is 9.09 Å². The van der Waals surface area contributed by atoms with Crippen molar-refractivity contribution in [3.63, 3.8) is 0 Å². The number of rotatable bonds is 5. The standard InChI is InChI=1S/C12H19O2P/c1-4-12(2,3)10-15(13)14-11-8-6-5-7-9-11/h5-9,15H,4,10H2,1-3H3. The van der Waals surface area contributed by atoms with Gasteiger partial charge in [-0.1, -0.05) is 45.4 Å². The molecule has 1 unspecified atom stereocenters. The van der Waals surface area contributed by atoms with E-state index in [1.807, 2.05) is 30.3 Å². The van der Waals surface area contributed by atoms with Crippen LogP contribution in [-0.2, 0) is 4.57 Å². The summed E-state index contributed by atoms with van der Waals surface area (Å²) in [6, 6.07) is 9.36. The first-order chi connectivity index (χ1) is 7.03. The first-order valence-corrected chi connectivity index (χ1v) is 6.81. The van der Waals surface area contributed by atoms with Crippen LogP contribution >= 0.6 is 8.03 Å². The van der Waals surface area contributed by atoms with Crippen LogP contribution in [0.15, 0.2) is 30.3 Å². The molecule has 0 aromatic heterocycles. The lowest BCUT2D eigenvalue weighted by atomic mass is 9.93. The van der Waals surface area contributed by atoms with Crippen LogP contribution in [-0.4, -0.2) is 6.16 Å². The fraction of sp³-hybridized carbons (Fsp3) is 0.500. The highest BCUT2D eigenvalue weighted by Gasteiger charge is 2.19. The van der Waals surface area contributed by atoms with Crippen molar-refractivity contribution in [2.45, 2.75) is 27.2 Å². The predicted molar refractivity (Wildman–Crippen MR) is 65.0 cm³/mol. The van der Waals surface area contributed by atoms with Crippen LogP contribution in [0.2, 0.25) is 0 Å². The van der Waals surface area contributed by atoms with Gasteiger partial charge in [-0.3, -0.25) is 4.57 Å². The highest BCUT2D eigenvalue weighted by molar-refractivity contribution is 7.39. The highest BCUT2D eigenvalue weighted by atomic mass is 31.1. The van der Waals surface area contributed by atoms with Gasteiger partial charge in [0.2, 0.25) is 8.03 Å². The molecular weight excluding hydrogens is 207 g/mol. The Morgan fingerprint density at radius 3 is 2.40 bits per heavy atom. The monoisotopic (exact) mass is 226 g/mol. The minimum atomic E-state index is -1.96. The van der Waals surface area contributed by atoms with Crippen molar-refractivity contribution in [1.82, 2.24) is 0 Å². The maximum Gasteiger partial charge on any atom is 0.237 e. The van der Waals surface area contributed by atoms with Crippen molar-refractivity contribution in [2.24, 2.45) is 5.41 Å². The molecule has 0 aliphatic rings. The maximum atomic E-state index is 11.7. The molecule has 0 saturated heterocycles. The summed E-state index contributed by atoms with van der Waals surface area (Å²) in [5.74, 6) is 0.702. The molecule has 0 aliphatic carbocycles. The first-order valence-electron chi connectivity index (χ1n) is 5.29. The Hall–Kier alpha value is -0.750. The molecule has 0 fully saturated rings. The molecule has 0 spiro atoms. The first kappa shape index (κ1) is 12.3. The van der Waals surface area contributed by atoms with Gasteiger partial charge in [0.25, 0.3) is 0 Å². The van der Waals surface area contributed by atoms with Gasteiger partial charge in [0.15, 0.2) is 0 Å². The zero-order valence-corrected chi connectivity index (χ0v) is 10.6. The lowest BCUT2D eigenvalue weighted by molar-refractivity contribution is 0.385. The molecule has 15 heavy (non-hydrogen) atoms. The summed E-state index contributed by atoms with van der Waals surface area (Å²) >= 11 is 0. The fourth-order valence-electron chi connectivity index (χ4n) is 1.17. The number of benzene rings is 1. The zero-order chi connectivity index (χ0) is 11.3. The molecule has 84 valence electrons. The molecule has 0 N–H and O–H groups in total. The van der Waals surface area contributed by atoms with E-state index in [2.05, 4.69) is 20.8 Å². The van der Waals surface area contributed by atoms with E-state index in [0.717, 1.165) is 6.42 Å². The molecule has 1 rings (SSSR count). The van der Waals surface area contributed by atoms with E-state index >= 15 is 0 Å². The number of hydrogen-bond acceptors (Lipinski definition) is 2. The van der Waals surface area contributed by atoms with E-state index in [1.54, 1.807) is 0 Å². The van der Waals surface area contributed by atoms with Gasteiger partial charge in [-0.05, 0) is 17.5 Å². The van der Waals surface area contributed by atoms with Gasteiger partial charge in [-0.2, -0.15) is 0 Å². The Bertz CT molecular complexity index is 320. The van der Waals surface area contributed by atoms with E-state index in [0.29, 0.717) is 11.9 Å². The minimum absolute atomic E-state index is 0.102. The summed E-state index contributed by atoms with van der Waals surface area (Å²) in [6.45, 7) is 6.34. The molecule has 0 bridgehead atoms. The third kappa shape index (κ3) is 4.53. The second-order valence-electron chi connectivity index (χ2n) is 4.48. The van der Waals surface area contributed by atoms with E-state index in [4.69, 9.17) is 4.52 Å². The van der Waals surface area contributed by atoms with Gasteiger partial charge in [0.1, 0.15) is 5.75 Å². The summed E-state index contributed by atoms with van der Waals surface area (Å²) in [5, 5.41) is 0. The molecule has 0 aliphatic heterocycles. The van der Waals surface area contributed by atoms with Gasteiger partial charge < -0.3 is 4.52 Å². The van der Waals surface area contributed by atoms with Gasteiger partial charge in [0.05, 0.1) is 0 Å². The van der Waals surface area contributed by atoms with Gasteiger partial charge in [-0.25, -0.2) is 0 Å². The summed E-state index contributed by atoms with van der Waals surface area (Å²) < 4.78 is 17.1. The molecule has 3 heteroatoms. The Morgan fingerprint density at radius 2 is 1.87 bits per heavy atom. The largest absolute Gasteiger partial charge is 0.445 e. The summed E-state index contributed by atoms with van der Waals surface area (Å²) in [5.41, 5.74) is 0.102.